The fraction of sp³-hybridized carbons (Fsp3) is 0.208. The molecule has 3 heterocycles. The quantitative estimate of drug-likeness (QED) is 0.346. The van der Waals surface area contributed by atoms with Crippen LogP contribution in [0.25, 0.3) is 21.6 Å². The van der Waals surface area contributed by atoms with Gasteiger partial charge in [0.25, 0.3) is 5.91 Å². The zero-order chi connectivity index (χ0) is 22.2. The molecule has 1 amide bonds. The largest absolute Gasteiger partial charge is 0.432 e. The van der Waals surface area contributed by atoms with E-state index in [1.54, 1.807) is 30.5 Å². The van der Waals surface area contributed by atoms with Gasteiger partial charge in [-0.1, -0.05) is 38.4 Å². The van der Waals surface area contributed by atoms with Crippen LogP contribution in [0.5, 0.6) is 0 Å². The molecule has 0 spiro atoms. The Morgan fingerprint density at radius 1 is 1.06 bits per heavy atom. The first kappa shape index (κ1) is 21.3. The highest BCUT2D eigenvalue weighted by atomic mass is 35.5. The molecule has 0 atom stereocenters. The Hall–Kier alpha value is -2.96. The van der Waals surface area contributed by atoms with Crippen LogP contribution in [0, 0.1) is 0 Å². The van der Waals surface area contributed by atoms with E-state index in [2.05, 4.69) is 48.3 Å². The summed E-state index contributed by atoms with van der Waals surface area (Å²) in [5.41, 5.74) is 4.53. The van der Waals surface area contributed by atoms with Gasteiger partial charge in [0.15, 0.2) is 0 Å². The first-order chi connectivity index (χ1) is 14.7. The van der Waals surface area contributed by atoms with Crippen molar-refractivity contribution in [2.45, 2.75) is 26.2 Å². The predicted molar refractivity (Wildman–Crippen MR) is 126 cm³/mol. The molecular formula is C24H22ClN3O2S. The number of halogens is 1. The van der Waals surface area contributed by atoms with Crippen LogP contribution in [0.1, 0.15) is 36.8 Å². The van der Waals surface area contributed by atoms with Gasteiger partial charge in [0.05, 0.1) is 6.20 Å². The Balaban J connectivity index is 1.60. The first-order valence-electron chi connectivity index (χ1n) is 9.77. The number of pyridine rings is 1. The molecule has 0 unspecified atom stereocenters. The van der Waals surface area contributed by atoms with Gasteiger partial charge < -0.3 is 4.42 Å². The van der Waals surface area contributed by atoms with Crippen molar-refractivity contribution in [2.24, 2.45) is 0 Å². The smallest absolute Gasteiger partial charge is 0.303 e. The molecule has 1 aromatic carbocycles. The fourth-order valence-electron chi connectivity index (χ4n) is 3.17. The van der Waals surface area contributed by atoms with Crippen molar-refractivity contribution in [1.82, 2.24) is 9.97 Å². The highest BCUT2D eigenvalue weighted by Gasteiger charge is 2.19. The zero-order valence-corrected chi connectivity index (χ0v) is 19.3. The van der Waals surface area contributed by atoms with Crippen molar-refractivity contribution in [3.05, 3.63) is 76.7 Å². The van der Waals surface area contributed by atoms with E-state index in [0.717, 1.165) is 27.3 Å². The van der Waals surface area contributed by atoms with E-state index in [4.69, 9.17) is 16.0 Å². The molecule has 0 bridgehead atoms. The van der Waals surface area contributed by atoms with Gasteiger partial charge in [-0.3, -0.25) is 14.7 Å². The van der Waals surface area contributed by atoms with Crippen LogP contribution in [0.15, 0.2) is 64.9 Å². The molecular weight excluding hydrogens is 430 g/mol. The fourth-order valence-corrected chi connectivity index (χ4v) is 4.36. The number of thiophene rings is 1. The minimum atomic E-state index is -0.242. The number of hydrogen-bond donors (Lipinski definition) is 0. The molecule has 31 heavy (non-hydrogen) atoms. The molecule has 0 fully saturated rings. The summed E-state index contributed by atoms with van der Waals surface area (Å²) in [4.78, 5) is 23.7. The van der Waals surface area contributed by atoms with Crippen LogP contribution < -0.4 is 4.90 Å². The monoisotopic (exact) mass is 451 g/mol. The number of oxazole rings is 1. The van der Waals surface area contributed by atoms with Gasteiger partial charge in [0.1, 0.15) is 6.26 Å². The SMILES string of the molecule is CN(C(=O)c1ccc(-c2csc(-c3ccnc(C(C)(C)C)c3)c2)c(Cl)c1)c1ncco1. The highest BCUT2D eigenvalue weighted by molar-refractivity contribution is 7.14. The summed E-state index contributed by atoms with van der Waals surface area (Å²) in [7, 11) is 1.61. The lowest BCUT2D eigenvalue weighted by molar-refractivity contribution is 0.0988. The van der Waals surface area contributed by atoms with E-state index in [1.165, 1.54) is 17.4 Å². The Morgan fingerprint density at radius 3 is 2.55 bits per heavy atom. The standard InChI is InChI=1S/C24H22ClN3O2S/c1-24(2,3)21-13-15(7-8-26-21)20-12-17(14-31-20)18-6-5-16(11-19(18)25)22(29)28(4)23-27-9-10-30-23/h5-14H,1-4H3. The van der Waals surface area contributed by atoms with Crippen LogP contribution >= 0.6 is 22.9 Å². The maximum Gasteiger partial charge on any atom is 0.303 e. The van der Waals surface area contributed by atoms with Crippen molar-refractivity contribution in [3.8, 4) is 21.6 Å². The number of hydrogen-bond acceptors (Lipinski definition) is 5. The lowest BCUT2D eigenvalue weighted by Gasteiger charge is -2.17. The number of carbonyl (C=O) groups excluding carboxylic acids is 1. The van der Waals surface area contributed by atoms with E-state index in [1.807, 2.05) is 18.3 Å². The van der Waals surface area contributed by atoms with Crippen LogP contribution in [0.3, 0.4) is 0 Å². The van der Waals surface area contributed by atoms with E-state index < -0.39 is 0 Å². The van der Waals surface area contributed by atoms with Gasteiger partial charge in [0, 0.05) is 45.4 Å². The zero-order valence-electron chi connectivity index (χ0n) is 17.7. The molecule has 4 aromatic rings. The van der Waals surface area contributed by atoms with Crippen molar-refractivity contribution in [2.75, 3.05) is 11.9 Å². The predicted octanol–water partition coefficient (Wildman–Crippen LogP) is 6.69. The molecule has 0 saturated heterocycles. The molecule has 4 rings (SSSR count). The maximum absolute atomic E-state index is 12.7. The summed E-state index contributed by atoms with van der Waals surface area (Å²) in [6, 6.07) is 11.8. The van der Waals surface area contributed by atoms with Gasteiger partial charge in [-0.2, -0.15) is 0 Å². The molecule has 0 aliphatic rings. The lowest BCUT2D eigenvalue weighted by Crippen LogP contribution is -2.26. The second-order valence-corrected chi connectivity index (χ2v) is 9.57. The van der Waals surface area contributed by atoms with Crippen LogP contribution in [0.4, 0.5) is 6.01 Å². The minimum absolute atomic E-state index is 0.0138. The summed E-state index contributed by atoms with van der Waals surface area (Å²) < 4.78 is 5.19. The van der Waals surface area contributed by atoms with E-state index >= 15 is 0 Å². The molecule has 0 N–H and O–H groups in total. The average Bonchev–Trinajstić information content (AvgIpc) is 3.44. The first-order valence-corrected chi connectivity index (χ1v) is 11.0. The highest BCUT2D eigenvalue weighted by Crippen LogP contribution is 2.37. The number of rotatable bonds is 4. The van der Waals surface area contributed by atoms with E-state index in [9.17, 15) is 4.79 Å². The summed E-state index contributed by atoms with van der Waals surface area (Å²) in [6.45, 7) is 6.46. The summed E-state index contributed by atoms with van der Waals surface area (Å²) in [5.74, 6) is -0.242. The number of benzene rings is 1. The minimum Gasteiger partial charge on any atom is -0.432 e. The van der Waals surface area contributed by atoms with Gasteiger partial charge in [0.2, 0.25) is 0 Å². The normalized spacial score (nSPS) is 11.5. The van der Waals surface area contributed by atoms with Crippen LogP contribution in [0.2, 0.25) is 5.02 Å². The molecule has 0 radical (unpaired) electrons. The molecule has 7 heteroatoms. The summed E-state index contributed by atoms with van der Waals surface area (Å²) >= 11 is 8.22. The number of aromatic nitrogens is 2. The lowest BCUT2D eigenvalue weighted by atomic mass is 9.90. The molecule has 0 aliphatic carbocycles. The van der Waals surface area contributed by atoms with Crippen molar-refractivity contribution in [1.29, 1.82) is 0 Å². The third-order valence-corrected chi connectivity index (χ3v) is 6.24. The van der Waals surface area contributed by atoms with Crippen molar-refractivity contribution < 1.29 is 9.21 Å². The van der Waals surface area contributed by atoms with Gasteiger partial charge in [-0.25, -0.2) is 4.98 Å². The summed E-state index contributed by atoms with van der Waals surface area (Å²) in [5, 5.41) is 2.59. The molecule has 0 saturated carbocycles. The summed E-state index contributed by atoms with van der Waals surface area (Å²) in [6.07, 6.45) is 4.78. The topological polar surface area (TPSA) is 59.2 Å². The van der Waals surface area contributed by atoms with E-state index in [0.29, 0.717) is 10.6 Å². The van der Waals surface area contributed by atoms with Crippen molar-refractivity contribution in [3.63, 3.8) is 0 Å². The average molecular weight is 452 g/mol. The Bertz CT molecular complexity index is 1230. The second-order valence-electron chi connectivity index (χ2n) is 8.25. The van der Waals surface area contributed by atoms with Crippen LogP contribution in [-0.2, 0) is 5.41 Å². The van der Waals surface area contributed by atoms with Gasteiger partial charge >= 0.3 is 6.01 Å². The molecule has 0 aliphatic heterocycles. The number of amides is 1. The Labute approximate surface area is 190 Å². The second kappa shape index (κ2) is 8.29. The number of nitrogens with zero attached hydrogens (tertiary/aromatic N) is 3. The van der Waals surface area contributed by atoms with Gasteiger partial charge in [-0.15, -0.1) is 11.3 Å². The third-order valence-electron chi connectivity index (χ3n) is 4.95. The maximum atomic E-state index is 12.7. The molecule has 158 valence electrons. The Morgan fingerprint density at radius 2 is 1.87 bits per heavy atom. The van der Waals surface area contributed by atoms with Gasteiger partial charge in [-0.05, 0) is 46.8 Å². The Kier molecular flexibility index (Phi) is 5.69. The third kappa shape index (κ3) is 4.40. The van der Waals surface area contributed by atoms with E-state index in [-0.39, 0.29) is 17.3 Å². The number of anilines is 1. The van der Waals surface area contributed by atoms with Crippen LogP contribution in [-0.4, -0.2) is 22.9 Å². The molecule has 5 nitrogen and oxygen atoms in total. The van der Waals surface area contributed by atoms with Crippen molar-refractivity contribution >= 4 is 34.9 Å². The number of carbonyl (C=O) groups is 1. The molecule has 3 aromatic heterocycles.